The van der Waals surface area contributed by atoms with E-state index in [4.69, 9.17) is 37.0 Å². The number of phosphoric ester groups is 2. The Morgan fingerprint density at radius 1 is 0.262 bits per heavy atom. The van der Waals surface area contributed by atoms with Crippen LogP contribution in [-0.4, -0.2) is 96.7 Å². The molecule has 0 aliphatic carbocycles. The molecule has 2 unspecified atom stereocenters. The van der Waals surface area contributed by atoms with E-state index >= 15 is 0 Å². The van der Waals surface area contributed by atoms with E-state index < -0.39 is 97.5 Å². The molecule has 0 aromatic heterocycles. The molecule has 0 aliphatic rings. The van der Waals surface area contributed by atoms with Gasteiger partial charge in [0.05, 0.1) is 26.4 Å². The van der Waals surface area contributed by atoms with Crippen molar-refractivity contribution in [1.29, 1.82) is 0 Å². The molecule has 612 valence electrons. The van der Waals surface area contributed by atoms with Gasteiger partial charge in [-0.15, -0.1) is 0 Å². The number of carbonyl (C=O) groups excluding carboxylic acids is 4. The maximum Gasteiger partial charge on any atom is 0.472 e. The van der Waals surface area contributed by atoms with Gasteiger partial charge < -0.3 is 33.8 Å². The van der Waals surface area contributed by atoms with Crippen molar-refractivity contribution in [3.05, 3.63) is 0 Å². The Morgan fingerprint density at radius 2 is 0.447 bits per heavy atom. The Labute approximate surface area is 632 Å². The fourth-order valence-electron chi connectivity index (χ4n) is 13.1. The van der Waals surface area contributed by atoms with Crippen LogP contribution in [0.15, 0.2) is 0 Å². The first-order chi connectivity index (χ1) is 50.0. The van der Waals surface area contributed by atoms with Crippen LogP contribution >= 0.6 is 15.6 Å². The molecule has 0 spiro atoms. The zero-order valence-corrected chi connectivity index (χ0v) is 69.3. The Kier molecular flexibility index (Phi) is 75.4. The highest BCUT2D eigenvalue weighted by Gasteiger charge is 2.30. The lowest BCUT2D eigenvalue weighted by molar-refractivity contribution is -0.161. The molecule has 0 saturated carbocycles. The predicted octanol–water partition coefficient (Wildman–Crippen LogP) is 25.6. The zero-order chi connectivity index (χ0) is 75.5. The smallest absolute Gasteiger partial charge is 0.462 e. The van der Waals surface area contributed by atoms with Crippen LogP contribution in [-0.2, 0) is 65.4 Å². The third kappa shape index (κ3) is 78.0. The summed E-state index contributed by atoms with van der Waals surface area (Å²) >= 11 is 0. The monoisotopic (exact) mass is 1510 g/mol. The van der Waals surface area contributed by atoms with E-state index in [2.05, 4.69) is 34.6 Å². The quantitative estimate of drug-likeness (QED) is 0.0222. The van der Waals surface area contributed by atoms with Crippen molar-refractivity contribution >= 4 is 39.5 Å². The molecule has 0 bridgehead atoms. The Morgan fingerprint density at radius 3 is 0.660 bits per heavy atom. The SMILES string of the molecule is CCCCCCCCCCCCCCCCCCCCCCCC(=O)O[C@H](COC(=O)CCCCCCCCCCCCCCCCCC(C)C)COP(=O)(O)OC[C@@H](O)COP(=O)(O)OC[C@@H](COC(=O)CCCCCCCCCCCC)OC(=O)CCCCCCCCCCCCCCCC. The summed E-state index contributed by atoms with van der Waals surface area (Å²) < 4.78 is 68.8. The number of aliphatic hydroxyl groups excluding tert-OH is 1. The average molecular weight is 1510 g/mol. The molecule has 0 aromatic rings. The normalized spacial score (nSPS) is 13.8. The molecule has 0 heterocycles. The van der Waals surface area contributed by atoms with Gasteiger partial charge in [-0.3, -0.25) is 37.3 Å². The lowest BCUT2D eigenvalue weighted by atomic mass is 10.0. The van der Waals surface area contributed by atoms with Gasteiger partial charge in [-0.25, -0.2) is 9.13 Å². The van der Waals surface area contributed by atoms with Gasteiger partial charge in [-0.05, 0) is 31.6 Å². The highest BCUT2D eigenvalue weighted by atomic mass is 31.2. The summed E-state index contributed by atoms with van der Waals surface area (Å²) in [5.74, 6) is -1.30. The first-order valence-corrected chi connectivity index (χ1v) is 46.6. The molecule has 5 atom stereocenters. The molecule has 0 fully saturated rings. The maximum absolute atomic E-state index is 13.1. The molecule has 0 aliphatic heterocycles. The van der Waals surface area contributed by atoms with Crippen LogP contribution in [0.25, 0.3) is 0 Å². The number of ether oxygens (including phenoxy) is 4. The highest BCUT2D eigenvalue weighted by Crippen LogP contribution is 2.45. The number of aliphatic hydroxyl groups is 1. The van der Waals surface area contributed by atoms with Crippen molar-refractivity contribution in [2.75, 3.05) is 39.6 Å². The summed E-state index contributed by atoms with van der Waals surface area (Å²) in [6, 6.07) is 0. The number of rotatable bonds is 84. The molecule has 0 radical (unpaired) electrons. The van der Waals surface area contributed by atoms with E-state index in [1.54, 1.807) is 0 Å². The lowest BCUT2D eigenvalue weighted by Crippen LogP contribution is -2.30. The standard InChI is InChI=1S/C84H164O17P2/c1-6-9-12-15-18-21-24-26-28-29-30-31-32-33-36-41-45-50-55-60-65-70-84(89)101-80(74-95-82(87)68-63-58-53-48-43-40-37-34-35-38-42-46-51-56-61-66-77(4)5)76-99-103(92,93)97-72-78(85)71-96-102(90,91)98-75-79(73-94-81(86)67-62-57-52-47-23-20-17-14-11-8-3)100-83(88)69-64-59-54-49-44-39-27-25-22-19-16-13-10-7-2/h77-80,85H,6-76H2,1-5H3,(H,90,91)(H,92,93)/t78-,79+,80+/m0/s1. The van der Waals surface area contributed by atoms with Gasteiger partial charge in [-0.2, -0.15) is 0 Å². The second kappa shape index (κ2) is 76.8. The van der Waals surface area contributed by atoms with Gasteiger partial charge in [0.25, 0.3) is 0 Å². The molecular weight excluding hydrogens is 1340 g/mol. The minimum atomic E-state index is -4.96. The molecule has 0 rings (SSSR count). The fraction of sp³-hybridized carbons (Fsp3) is 0.952. The summed E-state index contributed by atoms with van der Waals surface area (Å²) in [6.45, 7) is 7.37. The van der Waals surface area contributed by atoms with Crippen LogP contribution in [0, 0.1) is 5.92 Å². The molecule has 3 N–H and O–H groups in total. The minimum absolute atomic E-state index is 0.109. The van der Waals surface area contributed by atoms with Gasteiger partial charge in [0.1, 0.15) is 19.3 Å². The third-order valence-corrected chi connectivity index (χ3v) is 21.7. The van der Waals surface area contributed by atoms with Crippen molar-refractivity contribution in [2.45, 2.75) is 470 Å². The molecule has 0 amide bonds. The van der Waals surface area contributed by atoms with Crippen molar-refractivity contribution < 1.29 is 80.2 Å². The molecule has 19 heteroatoms. The number of hydrogen-bond donors (Lipinski definition) is 3. The van der Waals surface area contributed by atoms with E-state index in [0.29, 0.717) is 25.7 Å². The summed E-state index contributed by atoms with van der Waals surface area (Å²) in [4.78, 5) is 73.1. The number of carbonyl (C=O) groups is 4. The van der Waals surface area contributed by atoms with Crippen LogP contribution < -0.4 is 0 Å². The van der Waals surface area contributed by atoms with Gasteiger partial charge in [0, 0.05) is 25.7 Å². The Hall–Kier alpha value is -1.94. The first kappa shape index (κ1) is 101. The summed E-state index contributed by atoms with van der Waals surface area (Å²) in [7, 11) is -9.92. The highest BCUT2D eigenvalue weighted by molar-refractivity contribution is 7.47. The van der Waals surface area contributed by atoms with Crippen molar-refractivity contribution in [3.63, 3.8) is 0 Å². The minimum Gasteiger partial charge on any atom is -0.462 e. The van der Waals surface area contributed by atoms with E-state index in [1.165, 1.54) is 276 Å². The van der Waals surface area contributed by atoms with Gasteiger partial charge in [0.15, 0.2) is 12.2 Å². The second-order valence-electron chi connectivity index (χ2n) is 30.7. The molecule has 103 heavy (non-hydrogen) atoms. The first-order valence-electron chi connectivity index (χ1n) is 43.6. The summed E-state index contributed by atoms with van der Waals surface area (Å²) in [6.07, 6.45) is 69.4. The predicted molar refractivity (Wildman–Crippen MR) is 423 cm³/mol. The molecule has 0 aromatic carbocycles. The Balaban J connectivity index is 5.22. The van der Waals surface area contributed by atoms with Crippen LogP contribution in [0.4, 0.5) is 0 Å². The van der Waals surface area contributed by atoms with E-state index in [1.807, 2.05) is 0 Å². The van der Waals surface area contributed by atoms with E-state index in [0.717, 1.165) is 95.8 Å². The molecule has 0 saturated heterocycles. The summed E-state index contributed by atoms with van der Waals surface area (Å²) in [5.41, 5.74) is 0. The maximum atomic E-state index is 13.1. The van der Waals surface area contributed by atoms with Gasteiger partial charge in [0.2, 0.25) is 0 Å². The van der Waals surface area contributed by atoms with Crippen LogP contribution in [0.1, 0.15) is 452 Å². The number of phosphoric acid groups is 2. The van der Waals surface area contributed by atoms with Gasteiger partial charge in [-0.1, -0.05) is 401 Å². The topological polar surface area (TPSA) is 237 Å². The fourth-order valence-corrected chi connectivity index (χ4v) is 14.7. The van der Waals surface area contributed by atoms with E-state index in [9.17, 15) is 43.2 Å². The largest absolute Gasteiger partial charge is 0.472 e. The van der Waals surface area contributed by atoms with Crippen molar-refractivity contribution in [2.24, 2.45) is 5.92 Å². The average Bonchev–Trinajstić information content (AvgIpc) is 0.915. The van der Waals surface area contributed by atoms with Crippen LogP contribution in [0.3, 0.4) is 0 Å². The van der Waals surface area contributed by atoms with Crippen LogP contribution in [0.2, 0.25) is 0 Å². The van der Waals surface area contributed by atoms with Gasteiger partial charge >= 0.3 is 39.5 Å². The van der Waals surface area contributed by atoms with Crippen LogP contribution in [0.5, 0.6) is 0 Å². The lowest BCUT2D eigenvalue weighted by Gasteiger charge is -2.21. The van der Waals surface area contributed by atoms with E-state index in [-0.39, 0.29) is 25.7 Å². The number of hydrogen-bond acceptors (Lipinski definition) is 15. The second-order valence-corrected chi connectivity index (χ2v) is 33.6. The van der Waals surface area contributed by atoms with Crippen molar-refractivity contribution in [1.82, 2.24) is 0 Å². The zero-order valence-electron chi connectivity index (χ0n) is 67.5. The van der Waals surface area contributed by atoms with Crippen molar-refractivity contribution in [3.8, 4) is 0 Å². The molecular formula is C84H164O17P2. The molecule has 17 nitrogen and oxygen atoms in total. The Bertz CT molecular complexity index is 1960. The number of unbranched alkanes of at least 4 members (excludes halogenated alkanes) is 56. The number of esters is 4. The third-order valence-electron chi connectivity index (χ3n) is 19.8. The summed E-state index contributed by atoms with van der Waals surface area (Å²) in [5, 5.41) is 10.7.